The van der Waals surface area contributed by atoms with Crippen LogP contribution in [-0.4, -0.2) is 36.3 Å². The van der Waals surface area contributed by atoms with Gasteiger partial charge in [0.2, 0.25) is 5.91 Å². The van der Waals surface area contributed by atoms with E-state index in [4.69, 9.17) is 0 Å². The fourth-order valence-electron chi connectivity index (χ4n) is 4.54. The number of amides is 2. The van der Waals surface area contributed by atoms with E-state index in [1.165, 1.54) is 21.6 Å². The van der Waals surface area contributed by atoms with Crippen molar-refractivity contribution in [3.63, 3.8) is 0 Å². The summed E-state index contributed by atoms with van der Waals surface area (Å²) in [5.74, 6) is -0.0324. The quantitative estimate of drug-likeness (QED) is 0.646. The Hall–Kier alpha value is -3.12. The molecule has 2 aromatic carbocycles. The summed E-state index contributed by atoms with van der Waals surface area (Å²) in [5, 5.41) is 4.99. The highest BCUT2D eigenvalue weighted by atomic mass is 32.1. The molecular formula is C26H27N3O2S. The number of carbonyl (C=O) groups is 2. The number of fused-ring (bicyclic) bond motifs is 2. The molecule has 0 unspecified atom stereocenters. The van der Waals surface area contributed by atoms with Crippen LogP contribution in [0.15, 0.2) is 60.0 Å². The maximum absolute atomic E-state index is 12.5. The number of nitrogens with zero attached hydrogens (tertiary/aromatic N) is 2. The van der Waals surface area contributed by atoms with Crippen LogP contribution in [-0.2, 0) is 30.7 Å². The first-order valence-electron chi connectivity index (χ1n) is 11.2. The first kappa shape index (κ1) is 20.8. The van der Waals surface area contributed by atoms with E-state index in [1.807, 2.05) is 29.2 Å². The van der Waals surface area contributed by atoms with Crippen LogP contribution in [0.3, 0.4) is 0 Å². The van der Waals surface area contributed by atoms with Gasteiger partial charge >= 0.3 is 0 Å². The van der Waals surface area contributed by atoms with Gasteiger partial charge in [0.25, 0.3) is 5.91 Å². The summed E-state index contributed by atoms with van der Waals surface area (Å²) >= 11 is 1.77. The van der Waals surface area contributed by atoms with Gasteiger partial charge in [0.1, 0.15) is 0 Å². The van der Waals surface area contributed by atoms with E-state index in [-0.39, 0.29) is 11.8 Å². The smallest absolute Gasteiger partial charge is 0.251 e. The second kappa shape index (κ2) is 9.17. The number of rotatable bonds is 5. The van der Waals surface area contributed by atoms with Crippen molar-refractivity contribution in [2.45, 2.75) is 32.4 Å². The molecule has 0 saturated heterocycles. The Bertz CT molecular complexity index is 1120. The van der Waals surface area contributed by atoms with Crippen molar-refractivity contribution >= 4 is 28.8 Å². The molecule has 1 N–H and O–H groups in total. The van der Waals surface area contributed by atoms with Crippen molar-refractivity contribution in [1.29, 1.82) is 0 Å². The van der Waals surface area contributed by atoms with Crippen molar-refractivity contribution in [3.8, 4) is 0 Å². The third kappa shape index (κ3) is 4.41. The average Bonchev–Trinajstić information content (AvgIpc) is 3.32. The van der Waals surface area contributed by atoms with Crippen molar-refractivity contribution in [2.24, 2.45) is 0 Å². The van der Waals surface area contributed by atoms with E-state index in [9.17, 15) is 9.59 Å². The van der Waals surface area contributed by atoms with Crippen LogP contribution in [0.5, 0.6) is 0 Å². The Morgan fingerprint density at radius 2 is 1.69 bits per heavy atom. The summed E-state index contributed by atoms with van der Waals surface area (Å²) in [4.78, 5) is 30.7. The predicted molar refractivity (Wildman–Crippen MR) is 128 cm³/mol. The first-order valence-corrected chi connectivity index (χ1v) is 12.1. The van der Waals surface area contributed by atoms with Crippen molar-refractivity contribution in [2.75, 3.05) is 24.5 Å². The number of benzene rings is 2. The van der Waals surface area contributed by atoms with Crippen LogP contribution < -0.4 is 10.2 Å². The van der Waals surface area contributed by atoms with Crippen LogP contribution in [0.1, 0.15) is 38.3 Å². The Morgan fingerprint density at radius 1 is 0.875 bits per heavy atom. The summed E-state index contributed by atoms with van der Waals surface area (Å²) < 4.78 is 0. The van der Waals surface area contributed by atoms with Crippen LogP contribution in [0, 0.1) is 0 Å². The molecule has 2 aliphatic heterocycles. The minimum atomic E-state index is -0.132. The largest absolute Gasteiger partial charge is 0.367 e. The van der Waals surface area contributed by atoms with Crippen molar-refractivity contribution in [3.05, 3.63) is 87.1 Å². The molecule has 0 fully saturated rings. The molecule has 0 saturated carbocycles. The van der Waals surface area contributed by atoms with E-state index in [2.05, 4.69) is 45.9 Å². The third-order valence-corrected chi connectivity index (χ3v) is 7.43. The first-order chi connectivity index (χ1) is 15.7. The molecule has 0 aliphatic carbocycles. The van der Waals surface area contributed by atoms with Gasteiger partial charge in [0, 0.05) is 55.3 Å². The lowest BCUT2D eigenvalue weighted by atomic mass is 9.99. The topological polar surface area (TPSA) is 52.7 Å². The minimum Gasteiger partial charge on any atom is -0.367 e. The third-order valence-electron chi connectivity index (χ3n) is 6.41. The molecule has 32 heavy (non-hydrogen) atoms. The molecule has 5 nitrogen and oxygen atoms in total. The molecule has 2 amide bonds. The summed E-state index contributed by atoms with van der Waals surface area (Å²) in [5.41, 5.74) is 5.81. The fraction of sp³-hybridized carbons (Fsp3) is 0.308. The number of hydrogen-bond donors (Lipinski definition) is 1. The van der Waals surface area contributed by atoms with E-state index >= 15 is 0 Å². The normalized spacial score (nSPS) is 15.1. The second-order valence-electron chi connectivity index (χ2n) is 8.43. The number of carbonyl (C=O) groups excluding carboxylic acids is 2. The molecule has 6 heteroatoms. The van der Waals surface area contributed by atoms with Crippen molar-refractivity contribution in [1.82, 2.24) is 10.2 Å². The standard InChI is InChI=1S/C26H27N3O2S/c30-25(29-15-11-24-22(18-29)12-16-32-24)9-13-27-26(31)20-5-7-23(8-6-20)28-14-10-19-3-1-2-4-21(19)17-28/h1-8,12,16H,9-11,13-15,17-18H2,(H,27,31). The van der Waals surface area contributed by atoms with Gasteiger partial charge in [0.15, 0.2) is 0 Å². The second-order valence-corrected chi connectivity index (χ2v) is 9.43. The molecule has 1 aromatic heterocycles. The van der Waals surface area contributed by atoms with Gasteiger partial charge in [-0.1, -0.05) is 24.3 Å². The zero-order valence-corrected chi connectivity index (χ0v) is 18.9. The average molecular weight is 446 g/mol. The van der Waals surface area contributed by atoms with Crippen LogP contribution in [0.4, 0.5) is 5.69 Å². The van der Waals surface area contributed by atoms with Gasteiger partial charge in [-0.2, -0.15) is 0 Å². The Morgan fingerprint density at radius 3 is 2.53 bits per heavy atom. The maximum atomic E-state index is 12.5. The van der Waals surface area contributed by atoms with Gasteiger partial charge in [-0.25, -0.2) is 0 Å². The highest BCUT2D eigenvalue weighted by Crippen LogP contribution is 2.25. The summed E-state index contributed by atoms with van der Waals surface area (Å²) in [7, 11) is 0. The van der Waals surface area contributed by atoms with E-state index < -0.39 is 0 Å². The molecule has 164 valence electrons. The number of anilines is 1. The summed E-state index contributed by atoms with van der Waals surface area (Å²) in [6.45, 7) is 3.69. The lowest BCUT2D eigenvalue weighted by Crippen LogP contribution is -2.37. The van der Waals surface area contributed by atoms with E-state index in [1.54, 1.807) is 11.3 Å². The van der Waals surface area contributed by atoms with Crippen LogP contribution in [0.2, 0.25) is 0 Å². The molecule has 0 bridgehead atoms. The van der Waals surface area contributed by atoms with Crippen LogP contribution in [0.25, 0.3) is 0 Å². The Kier molecular flexibility index (Phi) is 5.95. The minimum absolute atomic E-state index is 0.0999. The van der Waals surface area contributed by atoms with Gasteiger partial charge in [-0.05, 0) is 65.2 Å². The molecule has 3 heterocycles. The van der Waals surface area contributed by atoms with Crippen molar-refractivity contribution < 1.29 is 9.59 Å². The molecule has 0 atom stereocenters. The van der Waals surface area contributed by atoms with Gasteiger partial charge in [-0.15, -0.1) is 11.3 Å². The molecule has 3 aromatic rings. The van der Waals surface area contributed by atoms with Gasteiger partial charge < -0.3 is 15.1 Å². The molecule has 0 radical (unpaired) electrons. The monoisotopic (exact) mass is 445 g/mol. The zero-order valence-electron chi connectivity index (χ0n) is 18.0. The summed E-state index contributed by atoms with van der Waals surface area (Å²) in [6, 6.07) is 18.5. The molecule has 5 rings (SSSR count). The van der Waals surface area contributed by atoms with Gasteiger partial charge in [-0.3, -0.25) is 9.59 Å². The Labute approximate surface area is 192 Å². The molecular weight excluding hydrogens is 418 g/mol. The SMILES string of the molecule is O=C(NCCC(=O)N1CCc2sccc2C1)c1ccc(N2CCc3ccccc3C2)cc1. The highest BCUT2D eigenvalue weighted by molar-refractivity contribution is 7.10. The molecule has 2 aliphatic rings. The maximum Gasteiger partial charge on any atom is 0.251 e. The van der Waals surface area contributed by atoms with Crippen LogP contribution >= 0.6 is 11.3 Å². The van der Waals surface area contributed by atoms with Gasteiger partial charge in [0.05, 0.1) is 0 Å². The number of thiophene rings is 1. The molecule has 0 spiro atoms. The lowest BCUT2D eigenvalue weighted by Gasteiger charge is -2.30. The van der Waals surface area contributed by atoms with E-state index in [0.717, 1.165) is 38.2 Å². The fourth-order valence-corrected chi connectivity index (χ4v) is 5.43. The predicted octanol–water partition coefficient (Wildman–Crippen LogP) is 4.02. The number of nitrogens with one attached hydrogen (secondary N) is 1. The summed E-state index contributed by atoms with van der Waals surface area (Å²) in [6.07, 6.45) is 2.30. The lowest BCUT2D eigenvalue weighted by molar-refractivity contribution is -0.131. The van der Waals surface area contributed by atoms with E-state index in [0.29, 0.717) is 25.1 Å². The number of hydrogen-bond acceptors (Lipinski definition) is 4. The Balaban J connectivity index is 1.11. The zero-order chi connectivity index (χ0) is 21.9. The highest BCUT2D eigenvalue weighted by Gasteiger charge is 2.21.